The summed E-state index contributed by atoms with van der Waals surface area (Å²) in [7, 11) is 0. The van der Waals surface area contributed by atoms with E-state index < -0.39 is 5.60 Å². The van der Waals surface area contributed by atoms with Crippen molar-refractivity contribution in [2.75, 3.05) is 18.4 Å². The van der Waals surface area contributed by atoms with Crippen LogP contribution in [0.4, 0.5) is 9.93 Å². The average Bonchev–Trinajstić information content (AvgIpc) is 3.30. The number of anilines is 1. The van der Waals surface area contributed by atoms with Gasteiger partial charge in [-0.05, 0) is 56.9 Å². The van der Waals surface area contributed by atoms with Gasteiger partial charge in [0.25, 0.3) is 0 Å². The molecular formula is C31H35N3O3S. The number of rotatable bonds is 10. The van der Waals surface area contributed by atoms with E-state index in [9.17, 15) is 9.59 Å². The third-order valence-electron chi connectivity index (χ3n) is 6.12. The van der Waals surface area contributed by atoms with Crippen LogP contribution < -0.4 is 5.32 Å². The highest BCUT2D eigenvalue weighted by molar-refractivity contribution is 7.22. The van der Waals surface area contributed by atoms with Gasteiger partial charge in [-0.2, -0.15) is 0 Å². The average molecular weight is 530 g/mol. The van der Waals surface area contributed by atoms with Gasteiger partial charge in [0, 0.05) is 25.4 Å². The smallest absolute Gasteiger partial charge is 0.323 e. The molecule has 0 fully saturated rings. The summed E-state index contributed by atoms with van der Waals surface area (Å²) in [4.78, 5) is 32.1. The monoisotopic (exact) mass is 529 g/mol. The lowest BCUT2D eigenvalue weighted by molar-refractivity contribution is -0.154. The molecule has 0 aliphatic carbocycles. The van der Waals surface area contributed by atoms with Crippen LogP contribution in [0.1, 0.15) is 57.1 Å². The maximum absolute atomic E-state index is 13.4. The lowest BCUT2D eigenvalue weighted by Gasteiger charge is -2.26. The number of hydrogen-bond donors (Lipinski definition) is 1. The minimum atomic E-state index is -0.528. The molecule has 6 nitrogen and oxygen atoms in total. The normalized spacial score (nSPS) is 11.5. The van der Waals surface area contributed by atoms with Crippen LogP contribution in [-0.2, 0) is 9.53 Å². The number of hydrogen-bond acceptors (Lipinski definition) is 5. The van der Waals surface area contributed by atoms with Crippen molar-refractivity contribution < 1.29 is 14.3 Å². The van der Waals surface area contributed by atoms with Crippen molar-refractivity contribution in [1.82, 2.24) is 9.88 Å². The number of nitrogens with one attached hydrogen (secondary N) is 1. The Balaban J connectivity index is 1.48. The molecule has 0 aliphatic rings. The highest BCUT2D eigenvalue weighted by Crippen LogP contribution is 2.29. The Labute approximate surface area is 228 Å². The van der Waals surface area contributed by atoms with E-state index in [2.05, 4.69) is 34.6 Å². The topological polar surface area (TPSA) is 71.5 Å². The number of carbonyl (C=O) groups is 2. The van der Waals surface area contributed by atoms with Gasteiger partial charge in [0.1, 0.15) is 5.60 Å². The van der Waals surface area contributed by atoms with E-state index in [1.165, 1.54) is 22.5 Å². The molecule has 0 spiro atoms. The third-order valence-corrected chi connectivity index (χ3v) is 7.07. The Hall–Kier alpha value is -3.71. The second kappa shape index (κ2) is 12.7. The Morgan fingerprint density at radius 1 is 0.895 bits per heavy atom. The Morgan fingerprint density at radius 2 is 1.50 bits per heavy atom. The minimum absolute atomic E-state index is 0.140. The van der Waals surface area contributed by atoms with E-state index in [1.807, 2.05) is 81.4 Å². The predicted octanol–water partition coefficient (Wildman–Crippen LogP) is 7.47. The van der Waals surface area contributed by atoms with E-state index >= 15 is 0 Å². The number of thiazole rings is 1. The van der Waals surface area contributed by atoms with Crippen LogP contribution in [0, 0.1) is 0 Å². The van der Waals surface area contributed by atoms with Gasteiger partial charge in [-0.3, -0.25) is 10.1 Å². The summed E-state index contributed by atoms with van der Waals surface area (Å²) in [5.74, 6) is -0.114. The summed E-state index contributed by atoms with van der Waals surface area (Å²) in [5, 5.41) is 3.56. The first-order valence-electron chi connectivity index (χ1n) is 13.0. The lowest BCUT2D eigenvalue weighted by atomic mass is 9.88. The number of ether oxygens (including phenoxy) is 1. The molecule has 0 atom stereocenters. The summed E-state index contributed by atoms with van der Waals surface area (Å²) in [5.41, 5.74) is 2.75. The molecule has 0 saturated heterocycles. The standard InChI is InChI=1S/C31H35N3O3S/c1-31(2,3)37-28(35)19-12-21-34(30(36)33-29-32-26-17-10-11-18-27(26)38-29)22-20-25(23-13-6-4-7-14-23)24-15-8-5-9-16-24/h4-11,13-18,25H,12,19-22H2,1-3H3,(H,32,33,36). The zero-order valence-electron chi connectivity index (χ0n) is 22.2. The van der Waals surface area contributed by atoms with Gasteiger partial charge in [-0.25, -0.2) is 9.78 Å². The van der Waals surface area contributed by atoms with Gasteiger partial charge in [0.2, 0.25) is 0 Å². The molecule has 1 N–H and O–H groups in total. The number of fused-ring (bicyclic) bond motifs is 1. The maximum Gasteiger partial charge on any atom is 0.323 e. The van der Waals surface area contributed by atoms with E-state index in [4.69, 9.17) is 4.74 Å². The van der Waals surface area contributed by atoms with Gasteiger partial charge < -0.3 is 9.64 Å². The van der Waals surface area contributed by atoms with E-state index in [0.717, 1.165) is 16.6 Å². The maximum atomic E-state index is 13.4. The summed E-state index contributed by atoms with van der Waals surface area (Å²) in [6.45, 7) is 6.54. The number of carbonyl (C=O) groups excluding carboxylic acids is 2. The SMILES string of the molecule is CC(C)(C)OC(=O)CCCN(CCC(c1ccccc1)c1ccccc1)C(=O)Nc1nc2ccccc2s1. The largest absolute Gasteiger partial charge is 0.460 e. The number of aromatic nitrogens is 1. The molecule has 1 aromatic heterocycles. The van der Waals surface area contributed by atoms with Crippen LogP contribution in [0.2, 0.25) is 0 Å². The van der Waals surface area contributed by atoms with Gasteiger partial charge >= 0.3 is 12.0 Å². The van der Waals surface area contributed by atoms with Crippen molar-refractivity contribution in [3.05, 3.63) is 96.1 Å². The number of esters is 1. The van der Waals surface area contributed by atoms with Gasteiger partial charge in [-0.15, -0.1) is 0 Å². The first-order chi connectivity index (χ1) is 18.3. The third kappa shape index (κ3) is 7.89. The van der Waals surface area contributed by atoms with Crippen LogP contribution in [0.5, 0.6) is 0 Å². The summed E-state index contributed by atoms with van der Waals surface area (Å²) >= 11 is 1.45. The number of urea groups is 1. The minimum Gasteiger partial charge on any atom is -0.460 e. The van der Waals surface area contributed by atoms with E-state index in [1.54, 1.807) is 4.90 Å². The number of para-hydroxylation sites is 1. The number of amides is 2. The van der Waals surface area contributed by atoms with Crippen molar-refractivity contribution in [2.24, 2.45) is 0 Å². The highest BCUT2D eigenvalue weighted by atomic mass is 32.1. The molecular weight excluding hydrogens is 494 g/mol. The molecule has 0 unspecified atom stereocenters. The Bertz CT molecular complexity index is 1260. The fraction of sp³-hybridized carbons (Fsp3) is 0.323. The zero-order chi connectivity index (χ0) is 27.0. The Morgan fingerprint density at radius 3 is 2.11 bits per heavy atom. The fourth-order valence-corrected chi connectivity index (χ4v) is 5.25. The molecule has 0 saturated carbocycles. The van der Waals surface area contributed by atoms with Crippen LogP contribution in [0.15, 0.2) is 84.9 Å². The molecule has 1 heterocycles. The lowest BCUT2D eigenvalue weighted by Crippen LogP contribution is -2.37. The first kappa shape index (κ1) is 27.3. The van der Waals surface area contributed by atoms with Crippen molar-refractivity contribution in [3.63, 3.8) is 0 Å². The molecule has 198 valence electrons. The molecule has 0 radical (unpaired) electrons. The van der Waals surface area contributed by atoms with Crippen LogP contribution in [0.25, 0.3) is 10.2 Å². The van der Waals surface area contributed by atoms with Gasteiger partial charge in [0.15, 0.2) is 5.13 Å². The summed E-state index contributed by atoms with van der Waals surface area (Å²) < 4.78 is 6.48. The van der Waals surface area contributed by atoms with Crippen molar-refractivity contribution in [1.29, 1.82) is 0 Å². The predicted molar refractivity (Wildman–Crippen MR) is 155 cm³/mol. The molecule has 4 aromatic rings. The summed E-state index contributed by atoms with van der Waals surface area (Å²) in [6, 6.07) is 28.3. The van der Waals surface area contributed by atoms with Crippen molar-refractivity contribution in [3.8, 4) is 0 Å². The summed E-state index contributed by atoms with van der Waals surface area (Å²) in [6.07, 6.45) is 1.51. The second-order valence-corrected chi connectivity index (χ2v) is 11.3. The van der Waals surface area contributed by atoms with Crippen LogP contribution in [0.3, 0.4) is 0 Å². The molecule has 4 rings (SSSR count). The zero-order valence-corrected chi connectivity index (χ0v) is 23.0. The molecule has 0 bridgehead atoms. The highest BCUT2D eigenvalue weighted by Gasteiger charge is 2.21. The molecule has 2 amide bonds. The molecule has 7 heteroatoms. The molecule has 38 heavy (non-hydrogen) atoms. The molecule has 3 aromatic carbocycles. The van der Waals surface area contributed by atoms with Crippen LogP contribution >= 0.6 is 11.3 Å². The van der Waals surface area contributed by atoms with Gasteiger partial charge in [0.05, 0.1) is 10.2 Å². The number of benzene rings is 3. The number of nitrogens with zero attached hydrogens (tertiary/aromatic N) is 2. The second-order valence-electron chi connectivity index (χ2n) is 10.3. The van der Waals surface area contributed by atoms with Gasteiger partial charge in [-0.1, -0.05) is 84.1 Å². The van der Waals surface area contributed by atoms with Crippen molar-refractivity contribution in [2.45, 2.75) is 51.6 Å². The van der Waals surface area contributed by atoms with Crippen LogP contribution in [-0.4, -0.2) is 40.6 Å². The first-order valence-corrected chi connectivity index (χ1v) is 13.8. The quantitative estimate of drug-likeness (QED) is 0.216. The van der Waals surface area contributed by atoms with E-state index in [-0.39, 0.29) is 24.3 Å². The van der Waals surface area contributed by atoms with E-state index in [0.29, 0.717) is 24.6 Å². The van der Waals surface area contributed by atoms with Crippen molar-refractivity contribution >= 4 is 38.7 Å². The Kier molecular flexibility index (Phi) is 9.13. The molecule has 0 aliphatic heterocycles. The fourth-order valence-electron chi connectivity index (χ4n) is 4.40.